The monoisotopic (exact) mass is 292 g/mol. The second-order valence-corrected chi connectivity index (χ2v) is 5.17. The minimum atomic E-state index is -1.01. The van der Waals surface area contributed by atoms with E-state index in [1.807, 2.05) is 11.9 Å². The van der Waals surface area contributed by atoms with Crippen molar-refractivity contribution in [3.8, 4) is 0 Å². The van der Waals surface area contributed by atoms with Crippen molar-refractivity contribution >= 4 is 24.3 Å². The third kappa shape index (κ3) is 6.78. The Hall–Kier alpha value is -0.810. The summed E-state index contributed by atoms with van der Waals surface area (Å²) in [6.45, 7) is 2.22. The molecule has 0 spiro atoms. The molecule has 0 aliphatic heterocycles. The van der Waals surface area contributed by atoms with Crippen molar-refractivity contribution in [2.75, 3.05) is 20.1 Å². The van der Waals surface area contributed by atoms with Crippen LogP contribution in [0.3, 0.4) is 0 Å². The van der Waals surface area contributed by atoms with Crippen molar-refractivity contribution in [2.45, 2.75) is 45.1 Å². The van der Waals surface area contributed by atoms with Gasteiger partial charge in [0.25, 0.3) is 0 Å². The van der Waals surface area contributed by atoms with Crippen LogP contribution in [0.25, 0.3) is 0 Å². The van der Waals surface area contributed by atoms with Crippen LogP contribution in [0.5, 0.6) is 0 Å². The lowest BCUT2D eigenvalue weighted by molar-refractivity contribution is -0.138. The topological polar surface area (TPSA) is 69.6 Å². The van der Waals surface area contributed by atoms with Crippen LogP contribution in [0, 0.1) is 5.92 Å². The highest BCUT2D eigenvalue weighted by molar-refractivity contribution is 5.85. The molecule has 0 aromatic rings. The van der Waals surface area contributed by atoms with Crippen molar-refractivity contribution in [3.63, 3.8) is 0 Å². The van der Waals surface area contributed by atoms with Crippen molar-refractivity contribution in [1.29, 1.82) is 0 Å². The SMILES string of the molecule is CCC1CCC(N(C)CC(=O)NCC(=O)O)CC1.Cl. The first-order valence-corrected chi connectivity index (χ1v) is 6.71. The van der Waals surface area contributed by atoms with Gasteiger partial charge in [-0.05, 0) is 38.6 Å². The fourth-order valence-electron chi connectivity index (χ4n) is 2.58. The van der Waals surface area contributed by atoms with Gasteiger partial charge in [-0.2, -0.15) is 0 Å². The molecule has 6 heteroatoms. The third-order valence-corrected chi connectivity index (χ3v) is 3.85. The third-order valence-electron chi connectivity index (χ3n) is 3.85. The van der Waals surface area contributed by atoms with Gasteiger partial charge in [-0.25, -0.2) is 0 Å². The summed E-state index contributed by atoms with van der Waals surface area (Å²) in [5, 5.41) is 10.9. The second-order valence-electron chi connectivity index (χ2n) is 5.17. The summed E-state index contributed by atoms with van der Waals surface area (Å²) in [4.78, 5) is 23.9. The van der Waals surface area contributed by atoms with Crippen LogP contribution < -0.4 is 5.32 Å². The standard InChI is InChI=1S/C13H24N2O3.ClH/c1-3-10-4-6-11(7-5-10)15(2)9-12(16)14-8-13(17)18;/h10-11H,3-9H2,1-2H3,(H,14,16)(H,17,18);1H. The van der Waals surface area contributed by atoms with E-state index < -0.39 is 5.97 Å². The maximum absolute atomic E-state index is 11.5. The number of likely N-dealkylation sites (N-methyl/N-ethyl adjacent to an activating group) is 1. The largest absolute Gasteiger partial charge is 0.480 e. The Kier molecular flexibility index (Phi) is 8.76. The fraction of sp³-hybridized carbons (Fsp3) is 0.846. The molecule has 112 valence electrons. The highest BCUT2D eigenvalue weighted by Crippen LogP contribution is 2.28. The van der Waals surface area contributed by atoms with Crippen LogP contribution in [0.1, 0.15) is 39.0 Å². The zero-order valence-electron chi connectivity index (χ0n) is 11.7. The minimum Gasteiger partial charge on any atom is -0.480 e. The van der Waals surface area contributed by atoms with E-state index in [2.05, 4.69) is 12.2 Å². The molecule has 0 radical (unpaired) electrons. The predicted molar refractivity (Wildman–Crippen MR) is 76.6 cm³/mol. The van der Waals surface area contributed by atoms with Gasteiger partial charge in [0, 0.05) is 6.04 Å². The van der Waals surface area contributed by atoms with Gasteiger partial charge in [0.05, 0.1) is 6.54 Å². The van der Waals surface area contributed by atoms with E-state index in [1.165, 1.54) is 19.3 Å². The lowest BCUT2D eigenvalue weighted by Gasteiger charge is -2.34. The smallest absolute Gasteiger partial charge is 0.322 e. The minimum absolute atomic E-state index is 0. The highest BCUT2D eigenvalue weighted by Gasteiger charge is 2.24. The number of nitrogens with one attached hydrogen (secondary N) is 1. The average Bonchev–Trinajstić information content (AvgIpc) is 2.36. The second kappa shape index (κ2) is 9.15. The first-order chi connectivity index (χ1) is 8.52. The fourth-order valence-corrected chi connectivity index (χ4v) is 2.58. The molecule has 0 aromatic carbocycles. The van der Waals surface area contributed by atoms with Crippen LogP contribution in [-0.4, -0.2) is 48.1 Å². The number of carboxylic acid groups (broad SMARTS) is 1. The summed E-state index contributed by atoms with van der Waals surface area (Å²) in [6, 6.07) is 0.461. The molecule has 1 rings (SSSR count). The molecule has 1 amide bonds. The highest BCUT2D eigenvalue weighted by atomic mass is 35.5. The molecule has 1 saturated carbocycles. The maximum atomic E-state index is 11.5. The Labute approximate surface area is 121 Å². The number of nitrogens with zero attached hydrogens (tertiary/aromatic N) is 1. The molecule has 0 unspecified atom stereocenters. The molecule has 1 fully saturated rings. The summed E-state index contributed by atoms with van der Waals surface area (Å²) < 4.78 is 0. The Balaban J connectivity index is 0.00000324. The van der Waals surface area contributed by atoms with Crippen LogP contribution in [0.4, 0.5) is 0 Å². The summed E-state index contributed by atoms with van der Waals surface area (Å²) >= 11 is 0. The number of aliphatic carboxylic acids is 1. The Morgan fingerprint density at radius 1 is 1.26 bits per heavy atom. The lowest BCUT2D eigenvalue weighted by Crippen LogP contribution is -2.43. The Bertz CT molecular complexity index is 292. The molecular weight excluding hydrogens is 268 g/mol. The molecule has 0 saturated heterocycles. The van der Waals surface area contributed by atoms with Crippen LogP contribution in [0.15, 0.2) is 0 Å². The van der Waals surface area contributed by atoms with Crippen molar-refractivity contribution in [1.82, 2.24) is 10.2 Å². The summed E-state index contributed by atoms with van der Waals surface area (Å²) in [7, 11) is 1.94. The lowest BCUT2D eigenvalue weighted by atomic mass is 9.84. The molecule has 0 aromatic heterocycles. The number of carbonyl (C=O) groups is 2. The first kappa shape index (κ1) is 18.2. The zero-order valence-corrected chi connectivity index (χ0v) is 12.5. The molecule has 0 bridgehead atoms. The number of carbonyl (C=O) groups excluding carboxylic acids is 1. The van der Waals surface area contributed by atoms with E-state index in [1.54, 1.807) is 0 Å². The molecule has 2 N–H and O–H groups in total. The normalized spacial score (nSPS) is 22.7. The Morgan fingerprint density at radius 2 is 1.84 bits per heavy atom. The van der Waals surface area contributed by atoms with Crippen molar-refractivity contribution < 1.29 is 14.7 Å². The van der Waals surface area contributed by atoms with Crippen molar-refractivity contribution in [2.24, 2.45) is 5.92 Å². The molecule has 0 atom stereocenters. The molecular formula is C13H25ClN2O3. The molecule has 1 aliphatic rings. The van der Waals surface area contributed by atoms with Gasteiger partial charge in [-0.1, -0.05) is 13.3 Å². The average molecular weight is 293 g/mol. The predicted octanol–water partition coefficient (Wildman–Crippen LogP) is 1.51. The van der Waals surface area contributed by atoms with E-state index in [4.69, 9.17) is 5.11 Å². The first-order valence-electron chi connectivity index (χ1n) is 6.71. The van der Waals surface area contributed by atoms with Gasteiger partial charge in [0.15, 0.2) is 0 Å². The zero-order chi connectivity index (χ0) is 13.5. The number of amides is 1. The number of hydrogen-bond donors (Lipinski definition) is 2. The van der Waals surface area contributed by atoms with Gasteiger partial charge in [-0.3, -0.25) is 14.5 Å². The molecule has 0 heterocycles. The van der Waals surface area contributed by atoms with Gasteiger partial charge in [0.1, 0.15) is 6.54 Å². The van der Waals surface area contributed by atoms with E-state index in [0.29, 0.717) is 6.04 Å². The number of halogens is 1. The van der Waals surface area contributed by atoms with E-state index in [0.717, 1.165) is 18.8 Å². The van der Waals surface area contributed by atoms with Gasteiger partial charge in [-0.15, -0.1) is 12.4 Å². The molecule has 1 aliphatic carbocycles. The van der Waals surface area contributed by atoms with E-state index in [9.17, 15) is 9.59 Å². The van der Waals surface area contributed by atoms with Crippen LogP contribution in [-0.2, 0) is 9.59 Å². The van der Waals surface area contributed by atoms with Gasteiger partial charge < -0.3 is 10.4 Å². The number of hydrogen-bond acceptors (Lipinski definition) is 3. The Morgan fingerprint density at radius 3 is 2.32 bits per heavy atom. The van der Waals surface area contributed by atoms with Gasteiger partial charge in [0.2, 0.25) is 5.91 Å². The van der Waals surface area contributed by atoms with Crippen LogP contribution >= 0.6 is 12.4 Å². The molecule has 19 heavy (non-hydrogen) atoms. The maximum Gasteiger partial charge on any atom is 0.322 e. The van der Waals surface area contributed by atoms with Crippen LogP contribution in [0.2, 0.25) is 0 Å². The summed E-state index contributed by atoms with van der Waals surface area (Å²) in [5.41, 5.74) is 0. The van der Waals surface area contributed by atoms with E-state index >= 15 is 0 Å². The van der Waals surface area contributed by atoms with E-state index in [-0.39, 0.29) is 31.4 Å². The quantitative estimate of drug-likeness (QED) is 0.778. The summed E-state index contributed by atoms with van der Waals surface area (Å²) in [6.07, 6.45) is 6.00. The number of carboxylic acids is 1. The van der Waals surface area contributed by atoms with Gasteiger partial charge >= 0.3 is 5.97 Å². The molecule has 5 nitrogen and oxygen atoms in total. The number of rotatable bonds is 6. The van der Waals surface area contributed by atoms with Crippen molar-refractivity contribution in [3.05, 3.63) is 0 Å². The summed E-state index contributed by atoms with van der Waals surface area (Å²) in [5.74, 6) is -0.373.